The normalized spacial score (nSPS) is 28.7. The Bertz CT molecular complexity index is 731. The Hall–Kier alpha value is 0.640. The van der Waals surface area contributed by atoms with Crippen LogP contribution in [-0.2, 0) is 17.4 Å². The summed E-state index contributed by atoms with van der Waals surface area (Å²) < 4.78 is 7.31. The molecule has 2 atom stereocenters. The summed E-state index contributed by atoms with van der Waals surface area (Å²) in [6.45, 7) is 7.44. The quantitative estimate of drug-likeness (QED) is 0.354. The van der Waals surface area contributed by atoms with E-state index in [0.29, 0.717) is 0 Å². The van der Waals surface area contributed by atoms with Crippen molar-refractivity contribution >= 4 is 31.7 Å². The van der Waals surface area contributed by atoms with Gasteiger partial charge in [-0.2, -0.15) is 0 Å². The van der Waals surface area contributed by atoms with Crippen molar-refractivity contribution in [2.45, 2.75) is 81.7 Å². The number of hydrogen-bond donors (Lipinski definition) is 0. The molecule has 0 bridgehead atoms. The van der Waals surface area contributed by atoms with Gasteiger partial charge in [0.25, 0.3) is 0 Å². The molecule has 0 aromatic heterocycles. The van der Waals surface area contributed by atoms with Crippen LogP contribution in [0.1, 0.15) is 65.2 Å². The number of rotatable bonds is 2. The topological polar surface area (TPSA) is 0 Å². The molecule has 0 fully saturated rings. The number of halogens is 2. The number of hydrogen-bond acceptors (Lipinski definition) is 0. The van der Waals surface area contributed by atoms with Crippen molar-refractivity contribution in [1.29, 1.82) is 0 Å². The predicted octanol–water partition coefficient (Wildman–Crippen LogP) is 7.40. The van der Waals surface area contributed by atoms with Crippen LogP contribution in [0.5, 0.6) is 0 Å². The first-order valence-corrected chi connectivity index (χ1v) is 23.8. The Kier molecular flexibility index (Phi) is 6.89. The van der Waals surface area contributed by atoms with E-state index in [2.05, 4.69) is 42.1 Å². The van der Waals surface area contributed by atoms with Crippen molar-refractivity contribution in [3.8, 4) is 0 Å². The molecule has 0 spiro atoms. The summed E-state index contributed by atoms with van der Waals surface area (Å²) in [5.74, 6) is 0. The molecule has 0 amide bonds. The maximum Gasteiger partial charge on any atom is -0.147 e. The molecule has 146 valence electrons. The zero-order chi connectivity index (χ0) is 17.1. The summed E-state index contributed by atoms with van der Waals surface area (Å²) >= 11 is -2.98. The van der Waals surface area contributed by atoms with Gasteiger partial charge in [-0.1, -0.05) is 0 Å². The Morgan fingerprint density at radius 1 is 0.731 bits per heavy atom. The van der Waals surface area contributed by atoms with Crippen LogP contribution in [0.4, 0.5) is 0 Å². The molecule has 4 aliphatic rings. The molecular weight excluding hydrogens is 454 g/mol. The molecule has 0 saturated heterocycles. The van der Waals surface area contributed by atoms with Crippen LogP contribution < -0.4 is 0 Å². The van der Waals surface area contributed by atoms with Crippen LogP contribution in [0.25, 0.3) is 0 Å². The van der Waals surface area contributed by atoms with Gasteiger partial charge in [0.15, 0.2) is 0 Å². The fourth-order valence-electron chi connectivity index (χ4n) is 6.97. The van der Waals surface area contributed by atoms with Gasteiger partial charge in [0.1, 0.15) is 0 Å². The van der Waals surface area contributed by atoms with Crippen molar-refractivity contribution in [2.24, 2.45) is 0 Å². The van der Waals surface area contributed by atoms with Crippen molar-refractivity contribution < 1.29 is 17.4 Å². The summed E-state index contributed by atoms with van der Waals surface area (Å²) in [6.07, 6.45) is 16.4. The minimum absolute atomic E-state index is 0. The third-order valence-electron chi connectivity index (χ3n) is 7.42. The minimum Gasteiger partial charge on any atom is -0.147 e. The first-order chi connectivity index (χ1) is 11.3. The van der Waals surface area contributed by atoms with Gasteiger partial charge < -0.3 is 0 Å². The second-order valence-corrected chi connectivity index (χ2v) is 40.6. The maximum atomic E-state index is 2.80. The van der Waals surface area contributed by atoms with Gasteiger partial charge in [0.05, 0.1) is 0 Å². The van der Waals surface area contributed by atoms with Crippen LogP contribution >= 0.6 is 24.8 Å². The molecule has 0 saturated carbocycles. The van der Waals surface area contributed by atoms with Gasteiger partial charge in [0, 0.05) is 0 Å². The van der Waals surface area contributed by atoms with Crippen molar-refractivity contribution in [3.63, 3.8) is 0 Å². The summed E-state index contributed by atoms with van der Waals surface area (Å²) in [7, 11) is 0. The first-order valence-electron chi connectivity index (χ1n) is 10.2. The smallest absolute Gasteiger partial charge is 0.147 e. The standard InChI is InChI=1S/2C10H13.2CH3.2ClH.H2Si.Zr/c2*1-8-6-9-4-2-3-5-10(9)7-8;;;;;;/h2*6-7H,2-5H2,1H3;2*1H3;2*1H;1H2;. The molecule has 4 rings (SSSR count). The third-order valence-corrected chi connectivity index (χ3v) is 25.5. The molecule has 0 nitrogen and oxygen atoms in total. The zero-order valence-corrected chi connectivity index (χ0v) is 22.5. The van der Waals surface area contributed by atoms with Gasteiger partial charge in [-0.05, 0) is 0 Å². The predicted molar refractivity (Wildman–Crippen MR) is 121 cm³/mol. The van der Waals surface area contributed by atoms with E-state index in [1.165, 1.54) is 51.4 Å². The molecule has 4 aliphatic carbocycles. The average molecular weight is 491 g/mol. The summed E-state index contributed by atoms with van der Waals surface area (Å²) in [5, 5.41) is 0. The van der Waals surface area contributed by atoms with Gasteiger partial charge in [-0.25, -0.2) is 0 Å². The second kappa shape index (κ2) is 7.81. The second-order valence-electron chi connectivity index (χ2n) is 10.1. The van der Waals surface area contributed by atoms with Gasteiger partial charge in [-0.15, -0.1) is 24.8 Å². The van der Waals surface area contributed by atoms with E-state index in [-0.39, 0.29) is 24.8 Å². The Balaban J connectivity index is 0.00000121. The van der Waals surface area contributed by atoms with Crippen molar-refractivity contribution in [2.75, 3.05) is 0 Å². The minimum atomic E-state index is -2.98. The molecular formula is C22H36Cl2SiZr. The zero-order valence-electron chi connectivity index (χ0n) is 17.0. The Labute approximate surface area is 175 Å². The molecule has 0 heterocycles. The fourth-order valence-corrected chi connectivity index (χ4v) is 29.5. The van der Waals surface area contributed by atoms with E-state index < -0.39 is 17.4 Å². The SMILES string of the molecule is CC1=CC2=C(CCCC2)[CH]1[Zr]([CH3])([CH3])(=[SiH2])[CH]1C(C)=CC2=C1CCCC2.Cl.Cl. The van der Waals surface area contributed by atoms with E-state index >= 15 is 0 Å². The molecule has 26 heavy (non-hydrogen) atoms. The van der Waals surface area contributed by atoms with Crippen LogP contribution in [0, 0.1) is 0 Å². The number of allylic oxidation sites excluding steroid dienone is 8. The van der Waals surface area contributed by atoms with Gasteiger partial charge in [0.2, 0.25) is 0 Å². The van der Waals surface area contributed by atoms with Crippen molar-refractivity contribution in [3.05, 3.63) is 45.6 Å². The first kappa shape index (κ1) is 22.9. The van der Waals surface area contributed by atoms with Crippen molar-refractivity contribution in [1.82, 2.24) is 0 Å². The summed E-state index contributed by atoms with van der Waals surface area (Å²) in [6, 6.07) is 0. The Morgan fingerprint density at radius 2 is 1.08 bits per heavy atom. The summed E-state index contributed by atoms with van der Waals surface area (Å²) in [4.78, 5) is 0. The van der Waals surface area contributed by atoms with Gasteiger partial charge >= 0.3 is 152 Å². The van der Waals surface area contributed by atoms with Crippen LogP contribution in [-0.4, -0.2) is 6.88 Å². The molecule has 0 aromatic carbocycles. The van der Waals surface area contributed by atoms with E-state index in [1.807, 2.05) is 11.1 Å². The Morgan fingerprint density at radius 3 is 1.46 bits per heavy atom. The monoisotopic (exact) mass is 488 g/mol. The fraction of sp³-hybridized carbons (Fsp3) is 0.636. The van der Waals surface area contributed by atoms with Crippen LogP contribution in [0.15, 0.2) is 45.6 Å². The molecule has 4 heteroatoms. The largest absolute Gasteiger partial charge is 0.147 e. The molecule has 0 aliphatic heterocycles. The average Bonchev–Trinajstić information content (AvgIpc) is 3.02. The van der Waals surface area contributed by atoms with Gasteiger partial charge in [-0.3, -0.25) is 0 Å². The van der Waals surface area contributed by atoms with E-state index in [4.69, 9.17) is 0 Å². The molecule has 0 radical (unpaired) electrons. The van der Waals surface area contributed by atoms with E-state index in [9.17, 15) is 0 Å². The third kappa shape index (κ3) is 3.51. The summed E-state index contributed by atoms with van der Waals surface area (Å²) in [5.41, 5.74) is 10.7. The van der Waals surface area contributed by atoms with E-state index in [1.54, 1.807) is 22.3 Å². The molecule has 2 unspecified atom stereocenters. The maximum absolute atomic E-state index is 2.98. The van der Waals surface area contributed by atoms with Crippen LogP contribution in [0.2, 0.25) is 16.5 Å². The van der Waals surface area contributed by atoms with E-state index in [0.717, 1.165) is 7.25 Å². The van der Waals surface area contributed by atoms with Crippen LogP contribution in [0.3, 0.4) is 0 Å². The molecule has 0 N–H and O–H groups in total. The molecule has 0 aromatic rings.